The van der Waals surface area contributed by atoms with Crippen molar-refractivity contribution in [3.05, 3.63) is 23.8 Å². The molecular formula is C17H28IN3O2S. The van der Waals surface area contributed by atoms with Crippen molar-refractivity contribution in [3.63, 3.8) is 0 Å². The Labute approximate surface area is 166 Å². The summed E-state index contributed by atoms with van der Waals surface area (Å²) >= 11 is 2.04. The van der Waals surface area contributed by atoms with E-state index >= 15 is 0 Å². The maximum Gasteiger partial charge on any atom is 0.191 e. The van der Waals surface area contributed by atoms with Crippen molar-refractivity contribution < 1.29 is 9.47 Å². The first-order valence-corrected chi connectivity index (χ1v) is 8.89. The second-order valence-electron chi connectivity index (χ2n) is 5.83. The first kappa shape index (κ1) is 21.2. The average molecular weight is 465 g/mol. The molecule has 1 unspecified atom stereocenters. The van der Waals surface area contributed by atoms with Crippen LogP contribution in [0, 0.1) is 0 Å². The molecule has 1 aliphatic heterocycles. The Morgan fingerprint density at radius 2 is 2.08 bits per heavy atom. The van der Waals surface area contributed by atoms with Crippen molar-refractivity contribution in [2.75, 3.05) is 33.6 Å². The zero-order valence-electron chi connectivity index (χ0n) is 14.8. The number of para-hydroxylation sites is 1. The predicted octanol–water partition coefficient (Wildman–Crippen LogP) is 3.27. The Hall–Kier alpha value is -0.830. The normalized spacial score (nSPS) is 20.2. The molecule has 0 bridgehead atoms. The third-order valence-electron chi connectivity index (χ3n) is 4.08. The van der Waals surface area contributed by atoms with Gasteiger partial charge in [0, 0.05) is 30.4 Å². The van der Waals surface area contributed by atoms with Gasteiger partial charge in [-0.3, -0.25) is 4.99 Å². The summed E-state index contributed by atoms with van der Waals surface area (Å²) in [5, 5.41) is 6.78. The Balaban J connectivity index is 0.00000288. The number of thioether (sulfide) groups is 1. The van der Waals surface area contributed by atoms with Crippen LogP contribution in [0.3, 0.4) is 0 Å². The lowest BCUT2D eigenvalue weighted by molar-refractivity contribution is 0.351. The molecule has 5 nitrogen and oxygen atoms in total. The molecule has 1 atom stereocenters. The molecule has 1 saturated heterocycles. The van der Waals surface area contributed by atoms with Crippen LogP contribution in [0.1, 0.15) is 25.3 Å². The summed E-state index contributed by atoms with van der Waals surface area (Å²) in [7, 11) is 5.10. The van der Waals surface area contributed by atoms with Crippen LogP contribution in [0.25, 0.3) is 0 Å². The number of hydrogen-bond acceptors (Lipinski definition) is 4. The highest BCUT2D eigenvalue weighted by Crippen LogP contribution is 2.37. The molecule has 136 valence electrons. The minimum atomic E-state index is 0. The maximum absolute atomic E-state index is 5.46. The van der Waals surface area contributed by atoms with E-state index in [1.165, 1.54) is 18.6 Å². The summed E-state index contributed by atoms with van der Waals surface area (Å²) in [6, 6.07) is 5.88. The Bertz CT molecular complexity index is 549. The minimum absolute atomic E-state index is 0. The number of benzene rings is 1. The second-order valence-corrected chi connectivity index (χ2v) is 7.52. The Kier molecular flexibility index (Phi) is 9.04. The van der Waals surface area contributed by atoms with Crippen molar-refractivity contribution in [1.29, 1.82) is 0 Å². The van der Waals surface area contributed by atoms with Crippen molar-refractivity contribution in [1.82, 2.24) is 10.6 Å². The number of methoxy groups -OCH3 is 2. The van der Waals surface area contributed by atoms with Gasteiger partial charge in [-0.05, 0) is 31.6 Å². The summed E-state index contributed by atoms with van der Waals surface area (Å²) in [6.07, 6.45) is 2.56. The summed E-state index contributed by atoms with van der Waals surface area (Å²) in [5.41, 5.74) is 1.04. The molecule has 2 N–H and O–H groups in total. The van der Waals surface area contributed by atoms with Gasteiger partial charge in [0.05, 0.1) is 14.2 Å². The summed E-state index contributed by atoms with van der Waals surface area (Å²) in [5.74, 6) is 3.56. The van der Waals surface area contributed by atoms with Crippen LogP contribution in [0.15, 0.2) is 23.2 Å². The van der Waals surface area contributed by atoms with E-state index < -0.39 is 0 Å². The molecule has 24 heavy (non-hydrogen) atoms. The fourth-order valence-electron chi connectivity index (χ4n) is 2.74. The van der Waals surface area contributed by atoms with Gasteiger partial charge >= 0.3 is 0 Å². The number of aliphatic imine (C=N–C) groups is 1. The average Bonchev–Trinajstić information content (AvgIpc) is 3.01. The largest absolute Gasteiger partial charge is 0.493 e. The minimum Gasteiger partial charge on any atom is -0.493 e. The highest BCUT2D eigenvalue weighted by molar-refractivity contribution is 14.0. The predicted molar refractivity (Wildman–Crippen MR) is 113 cm³/mol. The molecule has 1 aliphatic rings. The van der Waals surface area contributed by atoms with E-state index in [4.69, 9.17) is 9.47 Å². The smallest absolute Gasteiger partial charge is 0.191 e. The van der Waals surface area contributed by atoms with E-state index in [2.05, 4.69) is 22.5 Å². The SMILES string of the molecule is CN=C(NCc1cccc(OC)c1OC)NCC1(C)CCCS1.I. The molecule has 1 aromatic rings. The third-order valence-corrected chi connectivity index (χ3v) is 5.62. The van der Waals surface area contributed by atoms with Gasteiger partial charge in [-0.1, -0.05) is 12.1 Å². The van der Waals surface area contributed by atoms with Gasteiger partial charge in [0.2, 0.25) is 0 Å². The lowest BCUT2D eigenvalue weighted by Crippen LogP contribution is -2.43. The lowest BCUT2D eigenvalue weighted by Gasteiger charge is -2.24. The van der Waals surface area contributed by atoms with Gasteiger partial charge in [0.1, 0.15) is 0 Å². The number of guanidine groups is 1. The summed E-state index contributed by atoms with van der Waals surface area (Å²) in [4.78, 5) is 4.31. The van der Waals surface area contributed by atoms with Crippen LogP contribution in [-0.4, -0.2) is 44.3 Å². The third kappa shape index (κ3) is 5.61. The number of halogens is 1. The number of nitrogens with zero attached hydrogens (tertiary/aromatic N) is 1. The van der Waals surface area contributed by atoms with Crippen LogP contribution in [-0.2, 0) is 6.54 Å². The lowest BCUT2D eigenvalue weighted by atomic mass is 10.1. The van der Waals surface area contributed by atoms with E-state index in [0.717, 1.165) is 29.6 Å². The molecule has 7 heteroatoms. The highest BCUT2D eigenvalue weighted by Gasteiger charge is 2.29. The Morgan fingerprint density at radius 3 is 2.67 bits per heavy atom. The van der Waals surface area contributed by atoms with Gasteiger partial charge < -0.3 is 20.1 Å². The van der Waals surface area contributed by atoms with Gasteiger partial charge in [-0.15, -0.1) is 24.0 Å². The fraction of sp³-hybridized carbons (Fsp3) is 0.588. The second kappa shape index (κ2) is 10.2. The van der Waals surface area contributed by atoms with Crippen LogP contribution >= 0.6 is 35.7 Å². The number of rotatable bonds is 6. The van der Waals surface area contributed by atoms with Gasteiger partial charge in [0.15, 0.2) is 17.5 Å². The Morgan fingerprint density at radius 1 is 1.29 bits per heavy atom. The van der Waals surface area contributed by atoms with E-state index in [1.54, 1.807) is 21.3 Å². The molecule has 1 fully saturated rings. The zero-order chi connectivity index (χ0) is 16.7. The van der Waals surface area contributed by atoms with Gasteiger partial charge in [-0.25, -0.2) is 0 Å². The first-order chi connectivity index (χ1) is 11.1. The van der Waals surface area contributed by atoms with E-state index in [1.807, 2.05) is 30.0 Å². The van der Waals surface area contributed by atoms with E-state index in [9.17, 15) is 0 Å². The molecule has 0 amide bonds. The highest BCUT2D eigenvalue weighted by atomic mass is 127. The van der Waals surface area contributed by atoms with E-state index in [0.29, 0.717) is 11.3 Å². The topological polar surface area (TPSA) is 54.9 Å². The molecule has 0 aromatic heterocycles. The van der Waals surface area contributed by atoms with Crippen molar-refractivity contribution in [2.45, 2.75) is 31.1 Å². The standard InChI is InChI=1S/C17H27N3O2S.HI/c1-17(9-6-10-23-17)12-20-16(18-2)19-11-13-7-5-8-14(21-3)15(13)22-4;/h5,7-8H,6,9-12H2,1-4H3,(H2,18,19,20);1H. The molecule has 0 radical (unpaired) electrons. The van der Waals surface area contributed by atoms with Gasteiger partial charge in [-0.2, -0.15) is 11.8 Å². The quantitative estimate of drug-likeness (QED) is 0.384. The first-order valence-electron chi connectivity index (χ1n) is 7.90. The molecule has 0 spiro atoms. The summed E-state index contributed by atoms with van der Waals surface area (Å²) < 4.78 is 11.1. The van der Waals surface area contributed by atoms with E-state index in [-0.39, 0.29) is 24.0 Å². The van der Waals surface area contributed by atoms with Crippen LogP contribution < -0.4 is 20.1 Å². The van der Waals surface area contributed by atoms with Crippen LogP contribution in [0.2, 0.25) is 0 Å². The number of hydrogen-bond donors (Lipinski definition) is 2. The maximum atomic E-state index is 5.46. The molecule has 0 saturated carbocycles. The van der Waals surface area contributed by atoms with Crippen LogP contribution in [0.4, 0.5) is 0 Å². The number of nitrogens with one attached hydrogen (secondary N) is 2. The molecular weight excluding hydrogens is 437 g/mol. The van der Waals surface area contributed by atoms with Gasteiger partial charge in [0.25, 0.3) is 0 Å². The molecule has 1 aromatic carbocycles. The van der Waals surface area contributed by atoms with Crippen molar-refractivity contribution in [2.24, 2.45) is 4.99 Å². The fourth-order valence-corrected chi connectivity index (χ4v) is 3.98. The summed E-state index contributed by atoms with van der Waals surface area (Å²) in [6.45, 7) is 3.87. The van der Waals surface area contributed by atoms with Crippen molar-refractivity contribution in [3.8, 4) is 11.5 Å². The van der Waals surface area contributed by atoms with Crippen molar-refractivity contribution >= 4 is 41.7 Å². The monoisotopic (exact) mass is 465 g/mol. The van der Waals surface area contributed by atoms with Crippen LogP contribution in [0.5, 0.6) is 11.5 Å². The number of ether oxygens (including phenoxy) is 2. The zero-order valence-corrected chi connectivity index (χ0v) is 18.0. The molecule has 2 rings (SSSR count). The molecule has 1 heterocycles. The molecule has 0 aliphatic carbocycles.